The summed E-state index contributed by atoms with van der Waals surface area (Å²) in [4.78, 5) is 38.8. The number of likely N-dealkylation sites (tertiary alicyclic amines) is 1. The van der Waals surface area contributed by atoms with E-state index in [9.17, 15) is 14.4 Å². The second kappa shape index (κ2) is 8.31. The number of rotatable bonds is 7. The minimum atomic E-state index is -0.455. The third-order valence-corrected chi connectivity index (χ3v) is 4.75. The van der Waals surface area contributed by atoms with Crippen LogP contribution in [0, 0.1) is 5.92 Å². The maximum atomic E-state index is 12.9. The van der Waals surface area contributed by atoms with Crippen LogP contribution in [0.25, 0.3) is 0 Å². The molecular formula is C19H25N3O4. The highest BCUT2D eigenvalue weighted by Crippen LogP contribution is 2.30. The Kier molecular flexibility index (Phi) is 5.88. The summed E-state index contributed by atoms with van der Waals surface area (Å²) in [6, 6.07) is 6.47. The molecule has 7 nitrogen and oxygen atoms in total. The normalized spacial score (nSPS) is 19.3. The highest BCUT2D eigenvalue weighted by molar-refractivity contribution is 6.00. The summed E-state index contributed by atoms with van der Waals surface area (Å²) in [5, 5.41) is 5.66. The molecule has 1 aromatic rings. The third-order valence-electron chi connectivity index (χ3n) is 4.75. The van der Waals surface area contributed by atoms with Gasteiger partial charge < -0.3 is 20.3 Å². The van der Waals surface area contributed by atoms with Crippen LogP contribution in [-0.2, 0) is 14.3 Å². The number of carbonyl (C=O) groups excluding carboxylic acids is 3. The molecule has 26 heavy (non-hydrogen) atoms. The fourth-order valence-corrected chi connectivity index (χ4v) is 3.16. The molecule has 0 bridgehead atoms. The molecule has 1 aliphatic heterocycles. The zero-order valence-electron chi connectivity index (χ0n) is 15.0. The molecule has 3 amide bonds. The Morgan fingerprint density at radius 2 is 2.00 bits per heavy atom. The summed E-state index contributed by atoms with van der Waals surface area (Å²) in [6.07, 6.45) is 3.31. The first kappa shape index (κ1) is 18.4. The lowest BCUT2D eigenvalue weighted by Gasteiger charge is -2.24. The second-order valence-electron chi connectivity index (χ2n) is 6.78. The van der Waals surface area contributed by atoms with Gasteiger partial charge in [-0.15, -0.1) is 0 Å². The van der Waals surface area contributed by atoms with Crippen molar-refractivity contribution in [3.05, 3.63) is 29.8 Å². The second-order valence-corrected chi connectivity index (χ2v) is 6.78. The van der Waals surface area contributed by atoms with Crippen molar-refractivity contribution in [1.82, 2.24) is 10.2 Å². The van der Waals surface area contributed by atoms with Crippen LogP contribution < -0.4 is 10.6 Å². The van der Waals surface area contributed by atoms with E-state index in [2.05, 4.69) is 10.6 Å². The molecule has 0 aromatic heterocycles. The summed E-state index contributed by atoms with van der Waals surface area (Å²) in [5.74, 6) is -0.220. The monoisotopic (exact) mass is 359 g/mol. The minimum Gasteiger partial charge on any atom is -0.383 e. The van der Waals surface area contributed by atoms with Gasteiger partial charge in [-0.1, -0.05) is 6.07 Å². The van der Waals surface area contributed by atoms with E-state index < -0.39 is 6.04 Å². The van der Waals surface area contributed by atoms with E-state index in [0.717, 1.165) is 19.3 Å². The molecule has 2 N–H and O–H groups in total. The van der Waals surface area contributed by atoms with Gasteiger partial charge >= 0.3 is 0 Å². The Balaban J connectivity index is 1.65. The Bertz CT molecular complexity index is 687. The molecule has 3 rings (SSSR count). The molecule has 2 fully saturated rings. The number of hydrogen-bond acceptors (Lipinski definition) is 4. The Hall–Kier alpha value is -2.41. The first-order chi connectivity index (χ1) is 12.6. The van der Waals surface area contributed by atoms with Crippen LogP contribution in [-0.4, -0.2) is 55.5 Å². The van der Waals surface area contributed by atoms with Gasteiger partial charge in [0, 0.05) is 37.4 Å². The predicted molar refractivity (Wildman–Crippen MR) is 96.7 cm³/mol. The summed E-state index contributed by atoms with van der Waals surface area (Å²) in [6.45, 7) is 1.42. The number of methoxy groups -OCH3 is 1. The molecule has 1 saturated carbocycles. The van der Waals surface area contributed by atoms with Gasteiger partial charge in [0.05, 0.1) is 6.61 Å². The molecule has 1 aliphatic carbocycles. The van der Waals surface area contributed by atoms with Gasteiger partial charge in [-0.3, -0.25) is 14.4 Å². The first-order valence-corrected chi connectivity index (χ1v) is 9.08. The van der Waals surface area contributed by atoms with Crippen LogP contribution in [0.3, 0.4) is 0 Å². The lowest BCUT2D eigenvalue weighted by molar-refractivity contribution is -0.125. The van der Waals surface area contributed by atoms with E-state index in [1.807, 2.05) is 0 Å². The fraction of sp³-hybridized carbons (Fsp3) is 0.526. The Morgan fingerprint density at radius 3 is 2.73 bits per heavy atom. The molecule has 0 spiro atoms. The SMILES string of the molecule is COCCNC(=O)C1CCCN1C(=O)c1cccc(NC(=O)C2CC2)c1. The van der Waals surface area contributed by atoms with Gasteiger partial charge in [0.1, 0.15) is 6.04 Å². The van der Waals surface area contributed by atoms with Crippen molar-refractivity contribution in [2.45, 2.75) is 31.7 Å². The average molecular weight is 359 g/mol. The Labute approximate surface area is 153 Å². The number of amides is 3. The van der Waals surface area contributed by atoms with Crippen molar-refractivity contribution in [2.24, 2.45) is 5.92 Å². The number of nitrogens with zero attached hydrogens (tertiary/aromatic N) is 1. The summed E-state index contributed by atoms with van der Waals surface area (Å²) in [7, 11) is 1.58. The highest BCUT2D eigenvalue weighted by atomic mass is 16.5. The standard InChI is InChI=1S/C19H25N3O4/c1-26-11-9-20-18(24)16-6-3-10-22(16)19(25)14-4-2-5-15(12-14)21-17(23)13-7-8-13/h2,4-5,12-13,16H,3,6-11H2,1H3,(H,20,24)(H,21,23). The number of carbonyl (C=O) groups is 3. The van der Waals surface area contributed by atoms with E-state index in [1.54, 1.807) is 36.3 Å². The van der Waals surface area contributed by atoms with Crippen LogP contribution in [0.4, 0.5) is 5.69 Å². The minimum absolute atomic E-state index is 0.00571. The van der Waals surface area contributed by atoms with Crippen LogP contribution in [0.5, 0.6) is 0 Å². The largest absolute Gasteiger partial charge is 0.383 e. The van der Waals surface area contributed by atoms with E-state index in [0.29, 0.717) is 37.4 Å². The van der Waals surface area contributed by atoms with Crippen LogP contribution in [0.2, 0.25) is 0 Å². The molecule has 2 aliphatic rings. The van der Waals surface area contributed by atoms with Crippen LogP contribution in [0.1, 0.15) is 36.0 Å². The summed E-state index contributed by atoms with van der Waals surface area (Å²) >= 11 is 0. The molecule has 1 atom stereocenters. The molecule has 1 aromatic carbocycles. The topological polar surface area (TPSA) is 87.7 Å². The molecule has 1 unspecified atom stereocenters. The van der Waals surface area contributed by atoms with E-state index >= 15 is 0 Å². The van der Waals surface area contributed by atoms with Gasteiger partial charge in [0.15, 0.2) is 0 Å². The summed E-state index contributed by atoms with van der Waals surface area (Å²) in [5.41, 5.74) is 1.10. The van der Waals surface area contributed by atoms with Crippen molar-refractivity contribution in [1.29, 1.82) is 0 Å². The maximum absolute atomic E-state index is 12.9. The smallest absolute Gasteiger partial charge is 0.254 e. The van der Waals surface area contributed by atoms with E-state index in [4.69, 9.17) is 4.74 Å². The molecule has 140 valence electrons. The molecular weight excluding hydrogens is 334 g/mol. The molecule has 0 radical (unpaired) electrons. The van der Waals surface area contributed by atoms with Crippen molar-refractivity contribution in [3.63, 3.8) is 0 Å². The van der Waals surface area contributed by atoms with Gasteiger partial charge in [-0.2, -0.15) is 0 Å². The number of ether oxygens (including phenoxy) is 1. The van der Waals surface area contributed by atoms with E-state index in [1.165, 1.54) is 0 Å². The van der Waals surface area contributed by atoms with Crippen LogP contribution >= 0.6 is 0 Å². The number of benzene rings is 1. The zero-order chi connectivity index (χ0) is 18.5. The van der Waals surface area contributed by atoms with Gasteiger partial charge in [0.25, 0.3) is 5.91 Å². The zero-order valence-corrected chi connectivity index (χ0v) is 15.0. The molecule has 1 heterocycles. The molecule has 1 saturated heterocycles. The van der Waals surface area contributed by atoms with Crippen LogP contribution in [0.15, 0.2) is 24.3 Å². The highest BCUT2D eigenvalue weighted by Gasteiger charge is 2.34. The third kappa shape index (κ3) is 4.40. The van der Waals surface area contributed by atoms with E-state index in [-0.39, 0.29) is 23.6 Å². The fourth-order valence-electron chi connectivity index (χ4n) is 3.16. The van der Waals surface area contributed by atoms with Crippen molar-refractivity contribution >= 4 is 23.4 Å². The number of hydrogen-bond donors (Lipinski definition) is 2. The van der Waals surface area contributed by atoms with Crippen molar-refractivity contribution in [2.75, 3.05) is 32.1 Å². The van der Waals surface area contributed by atoms with Crippen molar-refractivity contribution in [3.8, 4) is 0 Å². The number of anilines is 1. The predicted octanol–water partition coefficient (Wildman–Crippen LogP) is 1.40. The number of nitrogens with one attached hydrogen (secondary N) is 2. The lowest BCUT2D eigenvalue weighted by Crippen LogP contribution is -2.46. The Morgan fingerprint density at radius 1 is 1.19 bits per heavy atom. The summed E-state index contributed by atoms with van der Waals surface area (Å²) < 4.78 is 4.93. The van der Waals surface area contributed by atoms with Gasteiger partial charge in [-0.25, -0.2) is 0 Å². The first-order valence-electron chi connectivity index (χ1n) is 9.08. The maximum Gasteiger partial charge on any atom is 0.254 e. The molecule has 7 heteroatoms. The quantitative estimate of drug-likeness (QED) is 0.721. The lowest BCUT2D eigenvalue weighted by atomic mass is 10.1. The van der Waals surface area contributed by atoms with Gasteiger partial charge in [-0.05, 0) is 43.9 Å². The van der Waals surface area contributed by atoms with Crippen molar-refractivity contribution < 1.29 is 19.1 Å². The van der Waals surface area contributed by atoms with Gasteiger partial charge in [0.2, 0.25) is 11.8 Å². The average Bonchev–Trinajstić information content (AvgIpc) is 3.38.